The van der Waals surface area contributed by atoms with Crippen LogP contribution in [-0.4, -0.2) is 47.3 Å². The first-order valence-corrected chi connectivity index (χ1v) is 10.2. The van der Waals surface area contributed by atoms with E-state index in [1.807, 2.05) is 61.6 Å². The number of likely N-dealkylation sites (N-methyl/N-ethyl adjacent to an activating group) is 1. The monoisotopic (exact) mass is 402 g/mol. The number of carbonyl (C=O) groups excluding carboxylic acids is 1. The maximum atomic E-state index is 12.6. The average Bonchev–Trinajstić information content (AvgIpc) is 3.27. The largest absolute Gasteiger partial charge is 0.372 e. The van der Waals surface area contributed by atoms with Crippen molar-refractivity contribution in [2.75, 3.05) is 29.9 Å². The van der Waals surface area contributed by atoms with Gasteiger partial charge in [-0.05, 0) is 42.7 Å². The van der Waals surface area contributed by atoms with Gasteiger partial charge in [-0.3, -0.25) is 9.78 Å². The van der Waals surface area contributed by atoms with Crippen molar-refractivity contribution in [3.63, 3.8) is 0 Å². The molecule has 1 N–H and O–H groups in total. The molecule has 0 aliphatic carbocycles. The quantitative estimate of drug-likeness (QED) is 0.655. The van der Waals surface area contributed by atoms with E-state index in [0.717, 1.165) is 43.0 Å². The summed E-state index contributed by atoms with van der Waals surface area (Å²) in [4.78, 5) is 21.3. The van der Waals surface area contributed by atoms with Gasteiger partial charge in [0, 0.05) is 50.8 Å². The van der Waals surface area contributed by atoms with Crippen molar-refractivity contribution in [1.82, 2.24) is 20.5 Å². The number of pyridine rings is 1. The second-order valence-corrected chi connectivity index (χ2v) is 7.52. The lowest BCUT2D eigenvalue weighted by Crippen LogP contribution is -2.39. The molecule has 1 fully saturated rings. The van der Waals surface area contributed by atoms with Crippen LogP contribution in [-0.2, 0) is 6.54 Å². The van der Waals surface area contributed by atoms with Crippen LogP contribution in [0.1, 0.15) is 28.9 Å². The van der Waals surface area contributed by atoms with Gasteiger partial charge >= 0.3 is 0 Å². The molecule has 1 aliphatic rings. The smallest absolute Gasteiger partial charge is 0.270 e. The van der Waals surface area contributed by atoms with Gasteiger partial charge < -0.3 is 15.1 Å². The Kier molecular flexibility index (Phi) is 6.17. The number of nitrogens with one attached hydrogen (secondary N) is 1. The minimum Gasteiger partial charge on any atom is -0.372 e. The third-order valence-electron chi connectivity index (χ3n) is 5.43. The second-order valence-electron chi connectivity index (χ2n) is 7.52. The molecule has 0 radical (unpaired) electrons. The van der Waals surface area contributed by atoms with Gasteiger partial charge in [0.1, 0.15) is 5.69 Å². The van der Waals surface area contributed by atoms with Gasteiger partial charge in [-0.2, -0.15) is 5.10 Å². The fourth-order valence-corrected chi connectivity index (χ4v) is 3.85. The van der Waals surface area contributed by atoms with E-state index < -0.39 is 0 Å². The van der Waals surface area contributed by atoms with Crippen molar-refractivity contribution in [3.8, 4) is 0 Å². The summed E-state index contributed by atoms with van der Waals surface area (Å²) in [6, 6.07) is 17.9. The van der Waals surface area contributed by atoms with Crippen LogP contribution in [0.2, 0.25) is 0 Å². The zero-order chi connectivity index (χ0) is 20.8. The maximum Gasteiger partial charge on any atom is 0.270 e. The van der Waals surface area contributed by atoms with E-state index >= 15 is 0 Å². The average molecular weight is 403 g/mol. The Labute approximate surface area is 176 Å². The molecule has 3 heterocycles. The molecule has 1 unspecified atom stereocenters. The van der Waals surface area contributed by atoms with Gasteiger partial charge in [0.15, 0.2) is 5.82 Å². The molecule has 30 heavy (non-hydrogen) atoms. The van der Waals surface area contributed by atoms with Gasteiger partial charge in [0.2, 0.25) is 0 Å². The SMILES string of the molecule is CN(CC1CCCN1c1cccnn1)c1ccnc(C(=O)NCc2ccccc2)c1. The molecular weight excluding hydrogens is 376 g/mol. The number of nitrogens with zero attached hydrogens (tertiary/aromatic N) is 5. The van der Waals surface area contributed by atoms with Crippen molar-refractivity contribution in [3.05, 3.63) is 78.2 Å². The predicted octanol–water partition coefficient (Wildman–Crippen LogP) is 2.91. The molecule has 0 bridgehead atoms. The summed E-state index contributed by atoms with van der Waals surface area (Å²) in [5.41, 5.74) is 2.46. The Morgan fingerprint density at radius 1 is 1.17 bits per heavy atom. The molecule has 2 aromatic heterocycles. The van der Waals surface area contributed by atoms with Crippen molar-refractivity contribution in [1.29, 1.82) is 0 Å². The van der Waals surface area contributed by atoms with E-state index in [9.17, 15) is 4.79 Å². The number of carbonyl (C=O) groups is 1. The summed E-state index contributed by atoms with van der Waals surface area (Å²) in [6.07, 6.45) is 5.63. The molecule has 1 aromatic carbocycles. The fraction of sp³-hybridized carbons (Fsp3) is 0.304. The van der Waals surface area contributed by atoms with Crippen LogP contribution in [0.3, 0.4) is 0 Å². The number of hydrogen-bond donors (Lipinski definition) is 1. The molecule has 7 nitrogen and oxygen atoms in total. The molecule has 3 aromatic rings. The Bertz CT molecular complexity index is 966. The molecule has 1 saturated heterocycles. The van der Waals surface area contributed by atoms with Crippen LogP contribution in [0.5, 0.6) is 0 Å². The number of amides is 1. The lowest BCUT2D eigenvalue weighted by molar-refractivity contribution is 0.0946. The third kappa shape index (κ3) is 4.74. The van der Waals surface area contributed by atoms with Crippen LogP contribution < -0.4 is 15.1 Å². The Hall–Kier alpha value is -3.48. The first kappa shape index (κ1) is 19.8. The number of benzene rings is 1. The van der Waals surface area contributed by atoms with E-state index in [1.54, 1.807) is 12.4 Å². The molecule has 154 valence electrons. The first-order chi connectivity index (χ1) is 14.7. The normalized spacial score (nSPS) is 15.8. The molecular formula is C23H26N6O. The van der Waals surface area contributed by atoms with Gasteiger partial charge in [0.25, 0.3) is 5.91 Å². The topological polar surface area (TPSA) is 74.2 Å². The number of aromatic nitrogens is 3. The van der Waals surface area contributed by atoms with Crippen LogP contribution >= 0.6 is 0 Å². The van der Waals surface area contributed by atoms with Crippen LogP contribution in [0.15, 0.2) is 67.0 Å². The molecule has 0 spiro atoms. The highest BCUT2D eigenvalue weighted by molar-refractivity contribution is 5.93. The number of rotatable bonds is 7. The van der Waals surface area contributed by atoms with Crippen molar-refractivity contribution >= 4 is 17.4 Å². The minimum atomic E-state index is -0.170. The minimum absolute atomic E-state index is 0.170. The summed E-state index contributed by atoms with van der Waals surface area (Å²) in [5, 5.41) is 11.2. The summed E-state index contributed by atoms with van der Waals surface area (Å²) in [5.74, 6) is 0.750. The van der Waals surface area contributed by atoms with E-state index in [0.29, 0.717) is 18.3 Å². The second kappa shape index (κ2) is 9.35. The Morgan fingerprint density at radius 3 is 2.83 bits per heavy atom. The Morgan fingerprint density at radius 2 is 2.03 bits per heavy atom. The van der Waals surface area contributed by atoms with Gasteiger partial charge in [-0.1, -0.05) is 30.3 Å². The van der Waals surface area contributed by atoms with Crippen LogP contribution in [0.4, 0.5) is 11.5 Å². The predicted molar refractivity (Wildman–Crippen MR) is 118 cm³/mol. The third-order valence-corrected chi connectivity index (χ3v) is 5.43. The van der Waals surface area contributed by atoms with Gasteiger partial charge in [-0.15, -0.1) is 5.10 Å². The summed E-state index contributed by atoms with van der Waals surface area (Å²) in [7, 11) is 2.05. The highest BCUT2D eigenvalue weighted by Crippen LogP contribution is 2.25. The molecule has 4 rings (SSSR count). The molecule has 0 saturated carbocycles. The zero-order valence-electron chi connectivity index (χ0n) is 17.1. The van der Waals surface area contributed by atoms with Crippen molar-refractivity contribution < 1.29 is 4.79 Å². The molecule has 1 amide bonds. The van der Waals surface area contributed by atoms with Gasteiger partial charge in [0.05, 0.1) is 0 Å². The standard InChI is InChI=1S/C23H26N6O/c1-28(17-20-9-6-14-29(20)22-10-5-12-26-27-22)19-11-13-24-21(15-19)23(30)25-16-18-7-3-2-4-8-18/h2-5,7-8,10-13,15,20H,6,9,14,16-17H2,1H3,(H,25,30). The zero-order valence-corrected chi connectivity index (χ0v) is 17.1. The first-order valence-electron chi connectivity index (χ1n) is 10.2. The van der Waals surface area contributed by atoms with E-state index in [4.69, 9.17) is 0 Å². The number of hydrogen-bond acceptors (Lipinski definition) is 6. The molecule has 1 aliphatic heterocycles. The highest BCUT2D eigenvalue weighted by atomic mass is 16.1. The molecule has 1 atom stereocenters. The van der Waals surface area contributed by atoms with Crippen molar-refractivity contribution in [2.45, 2.75) is 25.4 Å². The van der Waals surface area contributed by atoms with Crippen LogP contribution in [0, 0.1) is 0 Å². The number of anilines is 2. The maximum absolute atomic E-state index is 12.6. The van der Waals surface area contributed by atoms with Gasteiger partial charge in [-0.25, -0.2) is 0 Å². The Balaban J connectivity index is 1.39. The lowest BCUT2D eigenvalue weighted by Gasteiger charge is -2.30. The van der Waals surface area contributed by atoms with E-state index in [1.165, 1.54) is 0 Å². The highest BCUT2D eigenvalue weighted by Gasteiger charge is 2.27. The lowest BCUT2D eigenvalue weighted by atomic mass is 10.2. The fourth-order valence-electron chi connectivity index (χ4n) is 3.85. The summed E-state index contributed by atoms with van der Waals surface area (Å²) in [6.45, 7) is 2.31. The summed E-state index contributed by atoms with van der Waals surface area (Å²) < 4.78 is 0. The molecule has 7 heteroatoms. The van der Waals surface area contributed by atoms with E-state index in [2.05, 4.69) is 30.3 Å². The summed E-state index contributed by atoms with van der Waals surface area (Å²) >= 11 is 0. The van der Waals surface area contributed by atoms with Crippen molar-refractivity contribution in [2.24, 2.45) is 0 Å². The van der Waals surface area contributed by atoms with Crippen LogP contribution in [0.25, 0.3) is 0 Å². The van der Waals surface area contributed by atoms with E-state index in [-0.39, 0.29) is 5.91 Å².